The van der Waals surface area contributed by atoms with Crippen LogP contribution in [0.2, 0.25) is 0 Å². The van der Waals surface area contributed by atoms with E-state index >= 15 is 0 Å². The highest BCUT2D eigenvalue weighted by Crippen LogP contribution is 2.58. The smallest absolute Gasteiger partial charge is 0.314 e. The summed E-state index contributed by atoms with van der Waals surface area (Å²) < 4.78 is 18.9. The Bertz CT molecular complexity index is 1020. The molecular weight excluding hydrogens is 395 g/mol. The van der Waals surface area contributed by atoms with Gasteiger partial charge in [-0.25, -0.2) is 0 Å². The number of benzene rings is 2. The third-order valence-corrected chi connectivity index (χ3v) is 9.28. The van der Waals surface area contributed by atoms with Gasteiger partial charge in [0.2, 0.25) is 5.91 Å². The van der Waals surface area contributed by atoms with Crippen LogP contribution in [-0.4, -0.2) is 19.1 Å². The minimum absolute atomic E-state index is 0.240. The maximum Gasteiger partial charge on any atom is 0.323 e. The first kappa shape index (κ1) is 19.8. The molecule has 2 aromatic carbocycles. The lowest BCUT2D eigenvalue weighted by Gasteiger charge is -2.57. The summed E-state index contributed by atoms with van der Waals surface area (Å²) in [6, 6.07) is 13.9. The van der Waals surface area contributed by atoms with E-state index < -0.39 is 7.52 Å². The molecule has 0 saturated heterocycles. The second-order valence-corrected chi connectivity index (χ2v) is 11.4. The van der Waals surface area contributed by atoms with E-state index in [1.165, 1.54) is 26.4 Å². The van der Waals surface area contributed by atoms with Crippen molar-refractivity contribution in [2.75, 3.05) is 17.1 Å². The maximum atomic E-state index is 13.4. The number of carbonyl (C=O) groups excluding carboxylic acids is 1. The van der Waals surface area contributed by atoms with Crippen LogP contribution in [0, 0.1) is 12.3 Å². The normalized spacial score (nSPS) is 22.1. The van der Waals surface area contributed by atoms with E-state index in [2.05, 4.69) is 5.09 Å². The molecule has 5 nitrogen and oxygen atoms in total. The van der Waals surface area contributed by atoms with E-state index in [0.717, 1.165) is 41.8 Å². The molecule has 2 saturated carbocycles. The Morgan fingerprint density at radius 2 is 1.83 bits per heavy atom. The first-order valence-electron chi connectivity index (χ1n) is 10.9. The van der Waals surface area contributed by atoms with Gasteiger partial charge in [0, 0.05) is 30.9 Å². The zero-order valence-corrected chi connectivity index (χ0v) is 18.6. The van der Waals surface area contributed by atoms with Crippen LogP contribution in [0.3, 0.4) is 0 Å². The van der Waals surface area contributed by atoms with E-state index in [1.54, 1.807) is 0 Å². The minimum Gasteiger partial charge on any atom is -0.314 e. The van der Waals surface area contributed by atoms with Gasteiger partial charge >= 0.3 is 7.52 Å². The first-order valence-corrected chi connectivity index (χ1v) is 12.5. The van der Waals surface area contributed by atoms with Crippen molar-refractivity contribution >= 4 is 30.1 Å². The second kappa shape index (κ2) is 7.25. The molecular formula is C24H29N2O3P. The summed E-state index contributed by atoms with van der Waals surface area (Å²) in [5.41, 5.74) is 4.57. The highest BCUT2D eigenvalue weighted by molar-refractivity contribution is 7.68. The Morgan fingerprint density at radius 1 is 1.10 bits per heavy atom. The molecule has 5 rings (SSSR count). The number of hydrogen-bond donors (Lipinski definition) is 1. The molecule has 0 bridgehead atoms. The highest BCUT2D eigenvalue weighted by Gasteiger charge is 2.51. The molecule has 1 atom stereocenters. The van der Waals surface area contributed by atoms with E-state index in [4.69, 9.17) is 4.52 Å². The molecule has 1 heterocycles. The molecule has 1 unspecified atom stereocenters. The Morgan fingerprint density at radius 3 is 2.47 bits per heavy atom. The fourth-order valence-electron chi connectivity index (χ4n) is 5.32. The number of fused-ring (bicyclic) bond motifs is 1. The van der Waals surface area contributed by atoms with E-state index in [9.17, 15) is 9.36 Å². The largest absolute Gasteiger partial charge is 0.323 e. The third-order valence-electron chi connectivity index (χ3n) is 7.24. The van der Waals surface area contributed by atoms with Crippen molar-refractivity contribution in [3.8, 4) is 0 Å². The van der Waals surface area contributed by atoms with Gasteiger partial charge in [0.15, 0.2) is 0 Å². The molecule has 30 heavy (non-hydrogen) atoms. The van der Waals surface area contributed by atoms with Crippen LogP contribution >= 0.6 is 7.52 Å². The lowest BCUT2D eigenvalue weighted by Crippen LogP contribution is -2.56. The van der Waals surface area contributed by atoms with Gasteiger partial charge in [0.05, 0.1) is 5.30 Å². The van der Waals surface area contributed by atoms with Gasteiger partial charge in [0.25, 0.3) is 0 Å². The molecule has 2 aliphatic carbocycles. The fraction of sp³-hybridized carbons (Fsp3) is 0.458. The number of carbonyl (C=O) groups is 1. The van der Waals surface area contributed by atoms with Crippen molar-refractivity contribution in [2.24, 2.45) is 5.41 Å². The Labute approximate surface area is 178 Å². The monoisotopic (exact) mass is 424 g/mol. The number of anilines is 2. The van der Waals surface area contributed by atoms with Gasteiger partial charge in [-0.15, -0.1) is 0 Å². The molecule has 2 fully saturated rings. The SMILES string of the molecule is COP(=O)(Nc1ccc2c(c1)CCC(=O)N2C1CC2(CCC2)C1)c1ccc(C)cc1. The number of nitrogens with zero attached hydrogens (tertiary/aromatic N) is 1. The molecule has 158 valence electrons. The van der Waals surface area contributed by atoms with Crippen molar-refractivity contribution in [1.82, 2.24) is 0 Å². The molecule has 2 aromatic rings. The van der Waals surface area contributed by atoms with Crippen LogP contribution in [0.4, 0.5) is 11.4 Å². The average Bonchev–Trinajstić information content (AvgIpc) is 2.68. The molecule has 1 amide bonds. The van der Waals surface area contributed by atoms with Crippen molar-refractivity contribution in [2.45, 2.75) is 57.9 Å². The van der Waals surface area contributed by atoms with Crippen molar-refractivity contribution in [1.29, 1.82) is 0 Å². The van der Waals surface area contributed by atoms with E-state index in [-0.39, 0.29) is 5.91 Å². The lowest BCUT2D eigenvalue weighted by atomic mass is 9.53. The van der Waals surface area contributed by atoms with Gasteiger partial charge in [0.1, 0.15) is 0 Å². The maximum absolute atomic E-state index is 13.4. The predicted octanol–water partition coefficient (Wildman–Crippen LogP) is 5.18. The summed E-state index contributed by atoms with van der Waals surface area (Å²) in [6.07, 6.45) is 7.54. The average molecular weight is 424 g/mol. The second-order valence-electron chi connectivity index (χ2n) is 9.20. The quantitative estimate of drug-likeness (QED) is 0.672. The summed E-state index contributed by atoms with van der Waals surface area (Å²) in [4.78, 5) is 14.8. The standard InChI is InChI=1S/C24H29N2O3P/c1-17-4-8-21(9-5-17)30(28,29-2)25-19-7-10-22-18(14-19)6-11-23(27)26(22)20-15-24(16-20)12-3-13-24/h4-5,7-10,14,20H,3,6,11-13,15-16H2,1-2H3,(H,25,28). The molecule has 0 radical (unpaired) electrons. The van der Waals surface area contributed by atoms with Crippen LogP contribution in [0.15, 0.2) is 42.5 Å². The number of aryl methyl sites for hydroxylation is 2. The van der Waals surface area contributed by atoms with Crippen LogP contribution in [0.25, 0.3) is 0 Å². The summed E-state index contributed by atoms with van der Waals surface area (Å²) in [7, 11) is -1.74. The summed E-state index contributed by atoms with van der Waals surface area (Å²) in [6.45, 7) is 2.00. The van der Waals surface area contributed by atoms with Crippen molar-refractivity contribution < 1.29 is 13.9 Å². The van der Waals surface area contributed by atoms with Crippen LogP contribution in [-0.2, 0) is 20.3 Å². The summed E-state index contributed by atoms with van der Waals surface area (Å²) >= 11 is 0. The number of hydrogen-bond acceptors (Lipinski definition) is 3. The topological polar surface area (TPSA) is 58.6 Å². The van der Waals surface area contributed by atoms with Gasteiger partial charge in [-0.3, -0.25) is 9.36 Å². The summed E-state index contributed by atoms with van der Waals surface area (Å²) in [5.74, 6) is 0.240. The fourth-order valence-corrected chi connectivity index (χ4v) is 6.77. The number of rotatable bonds is 5. The Kier molecular flexibility index (Phi) is 4.79. The molecule has 0 aromatic heterocycles. The minimum atomic E-state index is -3.22. The molecule has 1 aliphatic heterocycles. The van der Waals surface area contributed by atoms with Gasteiger partial charge < -0.3 is 14.5 Å². The predicted molar refractivity (Wildman–Crippen MR) is 121 cm³/mol. The Balaban J connectivity index is 1.39. The zero-order valence-electron chi connectivity index (χ0n) is 17.7. The molecule has 1 spiro atoms. The van der Waals surface area contributed by atoms with Crippen molar-refractivity contribution in [3.05, 3.63) is 53.6 Å². The first-order chi connectivity index (χ1) is 14.4. The van der Waals surface area contributed by atoms with Crippen LogP contribution in [0.1, 0.15) is 49.7 Å². The zero-order chi connectivity index (χ0) is 20.9. The van der Waals surface area contributed by atoms with Crippen molar-refractivity contribution in [3.63, 3.8) is 0 Å². The van der Waals surface area contributed by atoms with Crippen LogP contribution in [0.5, 0.6) is 0 Å². The highest BCUT2D eigenvalue weighted by atomic mass is 31.2. The van der Waals surface area contributed by atoms with Gasteiger partial charge in [-0.2, -0.15) is 0 Å². The van der Waals surface area contributed by atoms with E-state index in [1.807, 2.05) is 54.3 Å². The van der Waals surface area contributed by atoms with Gasteiger partial charge in [-0.1, -0.05) is 24.1 Å². The van der Waals surface area contributed by atoms with Crippen LogP contribution < -0.4 is 15.3 Å². The van der Waals surface area contributed by atoms with Gasteiger partial charge in [-0.05, 0) is 80.3 Å². The van der Waals surface area contributed by atoms with E-state index in [0.29, 0.717) is 23.2 Å². The Hall–Kier alpha value is -2.10. The molecule has 1 N–H and O–H groups in total. The molecule has 3 aliphatic rings. The molecule has 6 heteroatoms. The summed E-state index contributed by atoms with van der Waals surface area (Å²) in [5, 5.41) is 3.78. The number of amides is 1. The lowest BCUT2D eigenvalue weighted by molar-refractivity contribution is -0.121. The number of nitrogens with one attached hydrogen (secondary N) is 1. The third kappa shape index (κ3) is 3.29.